The molecule has 22 heteroatoms. The number of nitrogens with one attached hydrogen (secondary N) is 1. The van der Waals surface area contributed by atoms with Crippen molar-refractivity contribution < 1.29 is 35.8 Å². The molecule has 0 radical (unpaired) electrons. The zero-order valence-corrected chi connectivity index (χ0v) is 35.3. The third-order valence-electron chi connectivity index (χ3n) is 11.4. The van der Waals surface area contributed by atoms with Crippen LogP contribution < -0.4 is 9.03 Å². The summed E-state index contributed by atoms with van der Waals surface area (Å²) in [4.78, 5) is 8.11. The normalized spacial score (nSPS) is 16.0. The average molecular weight is 879 g/mol. The lowest BCUT2D eigenvalue weighted by atomic mass is 9.92. The van der Waals surface area contributed by atoms with Crippen molar-refractivity contribution in [1.82, 2.24) is 49.1 Å². The van der Waals surface area contributed by atoms with Crippen molar-refractivity contribution in [3.8, 4) is 11.6 Å². The maximum Gasteiger partial charge on any atom is 0.274 e. The number of aryl methyl sites for hydroxylation is 2. The summed E-state index contributed by atoms with van der Waals surface area (Å²) in [7, 11) is -2.84. The minimum absolute atomic E-state index is 0.186. The molecule has 318 valence electrons. The number of aromatic nitrogens is 10. The second-order valence-corrected chi connectivity index (χ2v) is 18.4. The molecule has 0 atom stereocenters. The third-order valence-corrected chi connectivity index (χ3v) is 14.4. The van der Waals surface area contributed by atoms with E-state index in [-0.39, 0.29) is 22.1 Å². The lowest BCUT2D eigenvalue weighted by Gasteiger charge is -2.40. The Morgan fingerprint density at radius 1 is 0.694 bits per heavy atom. The van der Waals surface area contributed by atoms with Crippen molar-refractivity contribution in [1.29, 1.82) is 0 Å². The molecule has 8 heterocycles. The number of methoxy groups -OCH3 is 2. The summed E-state index contributed by atoms with van der Waals surface area (Å²) in [5.74, 6) is -0.00287. The van der Waals surface area contributed by atoms with Crippen molar-refractivity contribution in [2.45, 2.75) is 21.0 Å². The van der Waals surface area contributed by atoms with Gasteiger partial charge in [-0.25, -0.2) is 40.5 Å². The highest BCUT2D eigenvalue weighted by molar-refractivity contribution is 7.94. The predicted octanol–water partition coefficient (Wildman–Crippen LogP) is 3.69. The van der Waals surface area contributed by atoms with Gasteiger partial charge >= 0.3 is 0 Å². The first-order chi connectivity index (χ1) is 29.9. The molecular weight excluding hydrogens is 841 g/mol. The van der Waals surface area contributed by atoms with E-state index in [1.165, 1.54) is 28.0 Å². The molecule has 0 amide bonds. The van der Waals surface area contributed by atoms with Crippen LogP contribution in [0, 0.1) is 0 Å². The summed E-state index contributed by atoms with van der Waals surface area (Å²) in [5.41, 5.74) is 1.55. The first kappa shape index (κ1) is 39.6. The zero-order valence-electron chi connectivity index (χ0n) is 33.6. The smallest absolute Gasteiger partial charge is 0.274 e. The number of nitrogens with zero attached hydrogens (tertiary/aromatic N) is 11. The van der Waals surface area contributed by atoms with Gasteiger partial charge in [0.1, 0.15) is 16.1 Å². The molecular formula is C40H38N12O8S2. The van der Waals surface area contributed by atoms with Gasteiger partial charge in [-0.3, -0.25) is 14.1 Å². The number of pyridine rings is 2. The van der Waals surface area contributed by atoms with E-state index in [1.807, 2.05) is 12.1 Å². The summed E-state index contributed by atoms with van der Waals surface area (Å²) >= 11 is 0. The summed E-state index contributed by atoms with van der Waals surface area (Å²) in [5, 5.41) is 19.0. The topological polar surface area (TPSA) is 218 Å². The second-order valence-electron chi connectivity index (χ2n) is 14.9. The van der Waals surface area contributed by atoms with E-state index < -0.39 is 42.0 Å². The fraction of sp³-hybridized carbons (Fsp3) is 0.250. The molecule has 2 aliphatic rings. The van der Waals surface area contributed by atoms with Gasteiger partial charge in [0.05, 0.1) is 79.8 Å². The van der Waals surface area contributed by atoms with Gasteiger partial charge in [0.25, 0.3) is 20.0 Å². The van der Waals surface area contributed by atoms with Crippen LogP contribution in [0.15, 0.2) is 114 Å². The van der Waals surface area contributed by atoms with Crippen LogP contribution >= 0.6 is 0 Å². The quantitative estimate of drug-likeness (QED) is 0.175. The molecule has 62 heavy (non-hydrogen) atoms. The van der Waals surface area contributed by atoms with Crippen LogP contribution in [0.2, 0.25) is 0 Å². The van der Waals surface area contributed by atoms with Gasteiger partial charge in [0.2, 0.25) is 0 Å². The van der Waals surface area contributed by atoms with Crippen LogP contribution in [0.3, 0.4) is 0 Å². The minimum atomic E-state index is -4.83. The van der Waals surface area contributed by atoms with E-state index in [9.17, 15) is 8.42 Å². The van der Waals surface area contributed by atoms with Crippen LogP contribution in [0.25, 0.3) is 33.4 Å². The Labute approximate surface area is 354 Å². The minimum Gasteiger partial charge on any atom is -0.375 e. The zero-order chi connectivity index (χ0) is 43.0. The molecule has 2 saturated heterocycles. The maximum atomic E-state index is 15.7. The SMILES string of the molecule is COC1(c2ccnc(-n3cc(S(=O)(=O)Nc4nn(-c5cc(C6(OC)COC6)ccn5)cc4S(=O)(=O)N(c4cccc5cnn(C)c45)c4cccc5cnn(C)c45)cn3)c2)COC1. The number of benzene rings is 2. The van der Waals surface area contributed by atoms with Crippen LogP contribution in [0.1, 0.15) is 11.1 Å². The number of rotatable bonds is 13. The van der Waals surface area contributed by atoms with Gasteiger partial charge in [-0.2, -0.15) is 15.3 Å². The molecule has 0 aliphatic carbocycles. The van der Waals surface area contributed by atoms with Crippen LogP contribution in [-0.4, -0.2) is 107 Å². The van der Waals surface area contributed by atoms with E-state index in [0.717, 1.165) is 16.1 Å². The van der Waals surface area contributed by atoms with Gasteiger partial charge in [-0.05, 0) is 47.5 Å². The van der Waals surface area contributed by atoms with Crippen molar-refractivity contribution >= 4 is 59.0 Å². The van der Waals surface area contributed by atoms with Crippen LogP contribution in [0.5, 0.6) is 0 Å². The monoisotopic (exact) mass is 878 g/mol. The Bertz CT molecular complexity index is 3170. The Kier molecular flexibility index (Phi) is 9.27. The summed E-state index contributed by atoms with van der Waals surface area (Å²) in [6.07, 6.45) is 10.00. The largest absolute Gasteiger partial charge is 0.375 e. The molecule has 0 spiro atoms. The van der Waals surface area contributed by atoms with Gasteiger partial charge in [0.15, 0.2) is 22.3 Å². The van der Waals surface area contributed by atoms with E-state index in [1.54, 1.807) is 105 Å². The maximum absolute atomic E-state index is 15.7. The molecule has 10 rings (SSSR count). The number of anilines is 3. The van der Waals surface area contributed by atoms with E-state index in [2.05, 4.69) is 35.1 Å². The fourth-order valence-electron chi connectivity index (χ4n) is 7.76. The predicted molar refractivity (Wildman–Crippen MR) is 223 cm³/mol. The van der Waals surface area contributed by atoms with Crippen molar-refractivity contribution in [3.05, 3.63) is 115 Å². The lowest BCUT2D eigenvalue weighted by Crippen LogP contribution is -2.48. The molecule has 2 fully saturated rings. The number of hydrogen-bond acceptors (Lipinski definition) is 14. The number of hydrogen-bond donors (Lipinski definition) is 1. The fourth-order valence-corrected chi connectivity index (χ4v) is 10.4. The summed E-state index contributed by atoms with van der Waals surface area (Å²) in [6.45, 7) is 1.28. The molecule has 8 aromatic rings. The highest BCUT2D eigenvalue weighted by atomic mass is 32.2. The Hall–Kier alpha value is -6.56. The van der Waals surface area contributed by atoms with E-state index in [0.29, 0.717) is 59.6 Å². The average Bonchev–Trinajstić information content (AvgIpc) is 4.06. The van der Waals surface area contributed by atoms with Crippen LogP contribution in [-0.2, 0) is 64.3 Å². The first-order valence-electron chi connectivity index (χ1n) is 19.1. The first-order valence-corrected chi connectivity index (χ1v) is 22.0. The summed E-state index contributed by atoms with van der Waals surface area (Å²) < 4.78 is 92.0. The third kappa shape index (κ3) is 6.24. The van der Waals surface area contributed by atoms with Gasteiger partial charge in [-0.15, -0.1) is 5.10 Å². The molecule has 2 aromatic carbocycles. The molecule has 0 saturated carbocycles. The Morgan fingerprint density at radius 2 is 1.23 bits per heavy atom. The number of sulfonamides is 2. The van der Waals surface area contributed by atoms with Crippen molar-refractivity contribution in [3.63, 3.8) is 0 Å². The van der Waals surface area contributed by atoms with E-state index in [4.69, 9.17) is 18.9 Å². The van der Waals surface area contributed by atoms with Crippen LogP contribution in [0.4, 0.5) is 17.2 Å². The van der Waals surface area contributed by atoms with Gasteiger partial charge in [-0.1, -0.05) is 24.3 Å². The van der Waals surface area contributed by atoms with E-state index >= 15 is 8.42 Å². The molecule has 0 unspecified atom stereocenters. The number of para-hydroxylation sites is 2. The van der Waals surface area contributed by atoms with Crippen molar-refractivity contribution in [2.75, 3.05) is 49.7 Å². The molecule has 1 N–H and O–H groups in total. The summed E-state index contributed by atoms with van der Waals surface area (Å²) in [6, 6.07) is 17.4. The Morgan fingerprint density at radius 3 is 1.73 bits per heavy atom. The highest BCUT2D eigenvalue weighted by Gasteiger charge is 2.42. The number of ether oxygens (including phenoxy) is 4. The number of fused-ring (bicyclic) bond motifs is 2. The molecule has 0 bridgehead atoms. The Balaban J connectivity index is 1.12. The molecule has 2 aliphatic heterocycles. The standard InChI is InChI=1S/C40H38N12O8S2/c1-48-36-26(17-43-48)7-5-9-31(36)52(32-10-6-8-27-18-44-49(2)37(27)32)62(55,56)33-21-51(35-16-29(12-14-42-35)40(58-4)24-60-25-40)46-38(33)47-61(53,54)30-19-45-50(20-30)34-15-28(11-13-41-34)39(57-3)22-59-23-39/h5-21H,22-25H2,1-4H3,(H,46,47). The highest BCUT2D eigenvalue weighted by Crippen LogP contribution is 2.42. The lowest BCUT2D eigenvalue weighted by molar-refractivity contribution is -0.202. The molecule has 20 nitrogen and oxygen atoms in total. The van der Waals surface area contributed by atoms with Gasteiger partial charge in [0, 0.05) is 51.5 Å². The molecule has 6 aromatic heterocycles. The van der Waals surface area contributed by atoms with Gasteiger partial charge < -0.3 is 18.9 Å². The second kappa shape index (κ2) is 14.5. The van der Waals surface area contributed by atoms with Crippen molar-refractivity contribution in [2.24, 2.45) is 14.1 Å².